The minimum Gasteiger partial charge on any atom is -0.325 e. The van der Waals surface area contributed by atoms with Gasteiger partial charge in [-0.3, -0.25) is 9.69 Å². The monoisotopic (exact) mass is 261 g/mol. The molecule has 0 saturated carbocycles. The molecule has 1 atom stereocenters. The van der Waals surface area contributed by atoms with Gasteiger partial charge in [0.15, 0.2) is 0 Å². The lowest BCUT2D eigenvalue weighted by atomic mass is 10.1. The first-order valence-electron chi connectivity index (χ1n) is 6.87. The molecule has 2 N–H and O–H groups in total. The normalized spacial score (nSPS) is 20.3. The first-order chi connectivity index (χ1) is 9.04. The van der Waals surface area contributed by atoms with Gasteiger partial charge in [0, 0.05) is 31.4 Å². The molecule has 1 amide bonds. The smallest absolute Gasteiger partial charge is 0.238 e. The zero-order valence-electron chi connectivity index (χ0n) is 12.0. The molecular formula is C15H23N3O. The molecule has 1 aliphatic heterocycles. The van der Waals surface area contributed by atoms with E-state index in [1.807, 2.05) is 26.0 Å². The van der Waals surface area contributed by atoms with Gasteiger partial charge in [0.2, 0.25) is 5.91 Å². The third-order valence-electron chi connectivity index (χ3n) is 3.49. The second-order valence-corrected chi connectivity index (χ2v) is 5.45. The summed E-state index contributed by atoms with van der Waals surface area (Å²) in [4.78, 5) is 14.3. The molecule has 0 unspecified atom stereocenters. The van der Waals surface area contributed by atoms with Crippen LogP contribution in [0.3, 0.4) is 0 Å². The van der Waals surface area contributed by atoms with Gasteiger partial charge in [0.25, 0.3) is 0 Å². The third kappa shape index (κ3) is 4.04. The lowest BCUT2D eigenvalue weighted by molar-refractivity contribution is -0.118. The molecule has 4 nitrogen and oxygen atoms in total. The van der Waals surface area contributed by atoms with Crippen molar-refractivity contribution in [2.24, 2.45) is 0 Å². The van der Waals surface area contributed by atoms with Crippen molar-refractivity contribution in [3.8, 4) is 0 Å². The Bertz CT molecular complexity index is 438. The lowest BCUT2D eigenvalue weighted by Gasteiger charge is -2.33. The van der Waals surface area contributed by atoms with E-state index in [1.54, 1.807) is 0 Å². The van der Waals surface area contributed by atoms with E-state index >= 15 is 0 Å². The van der Waals surface area contributed by atoms with Crippen molar-refractivity contribution in [1.82, 2.24) is 10.2 Å². The summed E-state index contributed by atoms with van der Waals surface area (Å²) in [7, 11) is 0. The average Bonchev–Trinajstić information content (AvgIpc) is 2.30. The van der Waals surface area contributed by atoms with Crippen molar-refractivity contribution in [2.75, 3.05) is 31.5 Å². The Morgan fingerprint density at radius 3 is 2.68 bits per heavy atom. The number of carbonyl (C=O) groups is 1. The summed E-state index contributed by atoms with van der Waals surface area (Å²) in [6.45, 7) is 9.55. The molecule has 0 aromatic heterocycles. The van der Waals surface area contributed by atoms with E-state index in [2.05, 4.69) is 28.5 Å². The molecular weight excluding hydrogens is 238 g/mol. The largest absolute Gasteiger partial charge is 0.325 e. The number of rotatable bonds is 3. The minimum absolute atomic E-state index is 0.0683. The fourth-order valence-corrected chi connectivity index (χ4v) is 2.55. The summed E-state index contributed by atoms with van der Waals surface area (Å²) in [5, 5.41) is 6.32. The van der Waals surface area contributed by atoms with Crippen molar-refractivity contribution in [2.45, 2.75) is 26.8 Å². The molecule has 0 radical (unpaired) electrons. The summed E-state index contributed by atoms with van der Waals surface area (Å²) in [5.41, 5.74) is 3.24. The Hall–Kier alpha value is -1.39. The van der Waals surface area contributed by atoms with Gasteiger partial charge < -0.3 is 10.6 Å². The summed E-state index contributed by atoms with van der Waals surface area (Å²) in [6.07, 6.45) is 0. The second-order valence-electron chi connectivity index (χ2n) is 5.45. The number of hydrogen-bond acceptors (Lipinski definition) is 3. The number of benzene rings is 1. The molecule has 2 rings (SSSR count). The predicted octanol–water partition coefficient (Wildman–Crippen LogP) is 1.54. The van der Waals surface area contributed by atoms with Gasteiger partial charge in [-0.05, 0) is 44.0 Å². The van der Waals surface area contributed by atoms with E-state index in [1.165, 1.54) is 11.1 Å². The number of aryl methyl sites for hydroxylation is 2. The highest BCUT2D eigenvalue weighted by atomic mass is 16.2. The van der Waals surface area contributed by atoms with Crippen LogP contribution in [-0.2, 0) is 4.79 Å². The number of piperazine rings is 1. The summed E-state index contributed by atoms with van der Waals surface area (Å²) in [5.74, 6) is 0.0683. The molecule has 1 aromatic rings. The lowest BCUT2D eigenvalue weighted by Crippen LogP contribution is -2.51. The number of nitrogens with zero attached hydrogens (tertiary/aromatic N) is 1. The van der Waals surface area contributed by atoms with Crippen molar-refractivity contribution in [3.05, 3.63) is 29.3 Å². The zero-order valence-corrected chi connectivity index (χ0v) is 12.0. The van der Waals surface area contributed by atoms with Crippen LogP contribution in [-0.4, -0.2) is 43.0 Å². The zero-order chi connectivity index (χ0) is 13.8. The van der Waals surface area contributed by atoms with Gasteiger partial charge in [-0.2, -0.15) is 0 Å². The van der Waals surface area contributed by atoms with Crippen molar-refractivity contribution < 1.29 is 4.79 Å². The highest BCUT2D eigenvalue weighted by molar-refractivity contribution is 5.92. The number of amides is 1. The van der Waals surface area contributed by atoms with E-state index < -0.39 is 0 Å². The summed E-state index contributed by atoms with van der Waals surface area (Å²) < 4.78 is 0. The number of anilines is 1. The van der Waals surface area contributed by atoms with Gasteiger partial charge in [-0.1, -0.05) is 6.07 Å². The molecule has 0 bridgehead atoms. The molecule has 1 aliphatic rings. The van der Waals surface area contributed by atoms with Crippen molar-refractivity contribution >= 4 is 11.6 Å². The Morgan fingerprint density at radius 1 is 1.37 bits per heavy atom. The van der Waals surface area contributed by atoms with Crippen LogP contribution in [0.4, 0.5) is 5.69 Å². The fourth-order valence-electron chi connectivity index (χ4n) is 2.55. The minimum atomic E-state index is 0.0683. The van der Waals surface area contributed by atoms with E-state index in [4.69, 9.17) is 0 Å². The second kappa shape index (κ2) is 6.17. The third-order valence-corrected chi connectivity index (χ3v) is 3.49. The average molecular weight is 261 g/mol. The molecule has 4 heteroatoms. The van der Waals surface area contributed by atoms with Gasteiger partial charge in [0.05, 0.1) is 6.54 Å². The maximum atomic E-state index is 12.1. The van der Waals surface area contributed by atoms with E-state index in [9.17, 15) is 4.79 Å². The van der Waals surface area contributed by atoms with Crippen molar-refractivity contribution in [3.63, 3.8) is 0 Å². The number of carbonyl (C=O) groups excluding carboxylic acids is 1. The van der Waals surface area contributed by atoms with Crippen molar-refractivity contribution in [1.29, 1.82) is 0 Å². The van der Waals surface area contributed by atoms with Crippen LogP contribution in [0.1, 0.15) is 18.1 Å². The van der Waals surface area contributed by atoms with Crippen LogP contribution in [0.25, 0.3) is 0 Å². The van der Waals surface area contributed by atoms with Crippen LogP contribution in [0, 0.1) is 13.8 Å². The Kier molecular flexibility index (Phi) is 4.56. The molecule has 1 heterocycles. The number of nitrogens with one attached hydrogen (secondary N) is 2. The first kappa shape index (κ1) is 14.0. The molecule has 1 aromatic carbocycles. The highest BCUT2D eigenvalue weighted by Gasteiger charge is 2.20. The van der Waals surface area contributed by atoms with Crippen LogP contribution < -0.4 is 10.6 Å². The molecule has 1 fully saturated rings. The van der Waals surface area contributed by atoms with Gasteiger partial charge in [-0.15, -0.1) is 0 Å². The number of hydrogen-bond donors (Lipinski definition) is 2. The molecule has 104 valence electrons. The Morgan fingerprint density at radius 2 is 2.05 bits per heavy atom. The molecule has 0 spiro atoms. The maximum absolute atomic E-state index is 12.1. The van der Waals surface area contributed by atoms with Crippen LogP contribution in [0.2, 0.25) is 0 Å². The SMILES string of the molecule is Cc1cc(C)cc(NC(=O)CN2CCNC[C@H]2C)c1. The summed E-state index contributed by atoms with van der Waals surface area (Å²) in [6, 6.07) is 6.53. The maximum Gasteiger partial charge on any atom is 0.238 e. The highest BCUT2D eigenvalue weighted by Crippen LogP contribution is 2.14. The molecule has 19 heavy (non-hydrogen) atoms. The molecule has 1 saturated heterocycles. The van der Waals surface area contributed by atoms with Crippen LogP contribution in [0.15, 0.2) is 18.2 Å². The fraction of sp³-hybridized carbons (Fsp3) is 0.533. The predicted molar refractivity (Wildman–Crippen MR) is 78.5 cm³/mol. The molecule has 0 aliphatic carbocycles. The van der Waals surface area contributed by atoms with Gasteiger partial charge >= 0.3 is 0 Å². The van der Waals surface area contributed by atoms with E-state index in [0.717, 1.165) is 25.3 Å². The topological polar surface area (TPSA) is 44.4 Å². The Balaban J connectivity index is 1.93. The van der Waals surface area contributed by atoms with E-state index in [0.29, 0.717) is 12.6 Å². The van der Waals surface area contributed by atoms with Crippen LogP contribution >= 0.6 is 0 Å². The quantitative estimate of drug-likeness (QED) is 0.867. The summed E-state index contributed by atoms with van der Waals surface area (Å²) >= 11 is 0. The van der Waals surface area contributed by atoms with Crippen LogP contribution in [0.5, 0.6) is 0 Å². The van der Waals surface area contributed by atoms with Gasteiger partial charge in [0.1, 0.15) is 0 Å². The van der Waals surface area contributed by atoms with E-state index in [-0.39, 0.29) is 5.91 Å². The van der Waals surface area contributed by atoms with Gasteiger partial charge in [-0.25, -0.2) is 0 Å². The Labute approximate surface area is 115 Å². The standard InChI is InChI=1S/C15H23N3O/c1-11-6-12(2)8-14(7-11)17-15(19)10-18-5-4-16-9-13(18)3/h6-8,13,16H,4-5,9-10H2,1-3H3,(H,17,19)/t13-/m1/s1. The first-order valence-corrected chi connectivity index (χ1v) is 6.87.